The van der Waals surface area contributed by atoms with E-state index in [2.05, 4.69) is 21.5 Å². The smallest absolute Gasteiger partial charge is 0.192 e. The van der Waals surface area contributed by atoms with Crippen LogP contribution in [-0.2, 0) is 0 Å². The summed E-state index contributed by atoms with van der Waals surface area (Å²) >= 11 is 0. The van der Waals surface area contributed by atoms with Crippen molar-refractivity contribution < 1.29 is 9.47 Å². The van der Waals surface area contributed by atoms with E-state index in [4.69, 9.17) is 15.9 Å². The van der Waals surface area contributed by atoms with Gasteiger partial charge in [-0.15, -0.1) is 6.42 Å². The number of rotatable bonds is 8. The van der Waals surface area contributed by atoms with Gasteiger partial charge in [-0.3, -0.25) is 4.99 Å². The maximum atomic E-state index is 5.63. The summed E-state index contributed by atoms with van der Waals surface area (Å²) in [5.74, 6) is 4.91. The molecule has 0 spiro atoms. The van der Waals surface area contributed by atoms with Crippen LogP contribution in [0.4, 0.5) is 0 Å². The molecule has 0 heterocycles. The summed E-state index contributed by atoms with van der Waals surface area (Å²) < 4.78 is 10.7. The van der Waals surface area contributed by atoms with E-state index in [0.29, 0.717) is 19.7 Å². The number of hydrogen-bond acceptors (Lipinski definition) is 3. The first kappa shape index (κ1) is 16.7. The molecular weight excluding hydrogens is 266 g/mol. The Morgan fingerprint density at radius 2 is 1.95 bits per heavy atom. The molecule has 1 aromatic rings. The molecule has 5 heteroatoms. The largest absolute Gasteiger partial charge is 0.497 e. The van der Waals surface area contributed by atoms with Crippen molar-refractivity contribution in [3.05, 3.63) is 24.3 Å². The van der Waals surface area contributed by atoms with Crippen LogP contribution in [-0.4, -0.2) is 39.3 Å². The number of aliphatic imine (C=N–C) groups is 1. The molecule has 0 aliphatic rings. The molecule has 1 aromatic carbocycles. The highest BCUT2D eigenvalue weighted by molar-refractivity contribution is 5.79. The Morgan fingerprint density at radius 3 is 2.57 bits per heavy atom. The molecule has 2 N–H and O–H groups in total. The maximum absolute atomic E-state index is 5.63. The highest BCUT2D eigenvalue weighted by Crippen LogP contribution is 2.16. The Hall–Kier alpha value is -2.35. The number of terminal acetylenes is 1. The first-order chi connectivity index (χ1) is 10.3. The van der Waals surface area contributed by atoms with Crippen molar-refractivity contribution >= 4 is 5.96 Å². The van der Waals surface area contributed by atoms with Crippen molar-refractivity contribution in [2.75, 3.05) is 33.4 Å². The number of hydrogen-bond donors (Lipinski definition) is 2. The molecule has 0 aromatic heterocycles. The highest BCUT2D eigenvalue weighted by atomic mass is 16.5. The summed E-state index contributed by atoms with van der Waals surface area (Å²) in [5.41, 5.74) is 0. The average molecular weight is 289 g/mol. The minimum atomic E-state index is 0.466. The van der Waals surface area contributed by atoms with Gasteiger partial charge < -0.3 is 20.1 Å². The van der Waals surface area contributed by atoms with Crippen LogP contribution in [0.2, 0.25) is 0 Å². The number of ether oxygens (including phenoxy) is 2. The Labute approximate surface area is 126 Å². The fourth-order valence-corrected chi connectivity index (χ4v) is 1.59. The molecule has 0 fully saturated rings. The zero-order chi connectivity index (χ0) is 15.3. The quantitative estimate of drug-likeness (QED) is 0.331. The third-order valence-corrected chi connectivity index (χ3v) is 2.60. The summed E-state index contributed by atoms with van der Waals surface area (Å²) in [6.07, 6.45) is 6.04. The SMILES string of the molecule is C#CCNC(=NCCCOc1ccc(OC)cc1)NCC. The van der Waals surface area contributed by atoms with Gasteiger partial charge in [0.05, 0.1) is 20.3 Å². The second-order valence-electron chi connectivity index (χ2n) is 4.20. The van der Waals surface area contributed by atoms with Gasteiger partial charge in [0.15, 0.2) is 5.96 Å². The highest BCUT2D eigenvalue weighted by Gasteiger charge is 1.96. The van der Waals surface area contributed by atoms with Crippen LogP contribution >= 0.6 is 0 Å². The predicted octanol–water partition coefficient (Wildman–Crippen LogP) is 1.65. The molecule has 21 heavy (non-hydrogen) atoms. The van der Waals surface area contributed by atoms with Crippen LogP contribution < -0.4 is 20.1 Å². The fourth-order valence-electron chi connectivity index (χ4n) is 1.59. The molecule has 0 aliphatic carbocycles. The minimum Gasteiger partial charge on any atom is -0.497 e. The maximum Gasteiger partial charge on any atom is 0.192 e. The van der Waals surface area contributed by atoms with Crippen LogP contribution in [0.15, 0.2) is 29.3 Å². The standard InChI is InChI=1S/C16H23N3O2/c1-4-11-18-16(17-5-2)19-12-6-13-21-15-9-7-14(20-3)8-10-15/h1,7-10H,5-6,11-13H2,2-3H3,(H2,17,18,19). The van der Waals surface area contributed by atoms with Crippen molar-refractivity contribution in [1.82, 2.24) is 10.6 Å². The Balaban J connectivity index is 2.26. The van der Waals surface area contributed by atoms with Crippen molar-refractivity contribution in [2.45, 2.75) is 13.3 Å². The van der Waals surface area contributed by atoms with Gasteiger partial charge in [-0.05, 0) is 31.2 Å². The second kappa shape index (κ2) is 10.4. The van der Waals surface area contributed by atoms with Crippen molar-refractivity contribution in [1.29, 1.82) is 0 Å². The van der Waals surface area contributed by atoms with Crippen molar-refractivity contribution in [3.63, 3.8) is 0 Å². The molecule has 0 unspecified atom stereocenters. The lowest BCUT2D eigenvalue weighted by atomic mass is 10.3. The van der Waals surface area contributed by atoms with E-state index in [0.717, 1.165) is 30.4 Å². The molecular formula is C16H23N3O2. The van der Waals surface area contributed by atoms with E-state index in [1.165, 1.54) is 0 Å². The summed E-state index contributed by atoms with van der Waals surface area (Å²) in [5, 5.41) is 6.17. The lowest BCUT2D eigenvalue weighted by Gasteiger charge is -2.09. The molecule has 0 aliphatic heterocycles. The van der Waals surface area contributed by atoms with Gasteiger partial charge in [-0.1, -0.05) is 5.92 Å². The van der Waals surface area contributed by atoms with Gasteiger partial charge >= 0.3 is 0 Å². The topological polar surface area (TPSA) is 54.9 Å². The normalized spacial score (nSPS) is 10.6. The van der Waals surface area contributed by atoms with Crippen LogP contribution in [0.1, 0.15) is 13.3 Å². The summed E-state index contributed by atoms with van der Waals surface area (Å²) in [4.78, 5) is 4.41. The number of guanidine groups is 1. The zero-order valence-electron chi connectivity index (χ0n) is 12.7. The Morgan fingerprint density at radius 1 is 1.24 bits per heavy atom. The molecule has 114 valence electrons. The van der Waals surface area contributed by atoms with E-state index in [1.807, 2.05) is 31.2 Å². The monoisotopic (exact) mass is 289 g/mol. The Bertz CT molecular complexity index is 463. The van der Waals surface area contributed by atoms with Gasteiger partial charge in [0, 0.05) is 19.5 Å². The zero-order valence-corrected chi connectivity index (χ0v) is 12.7. The van der Waals surface area contributed by atoms with Crippen LogP contribution in [0.3, 0.4) is 0 Å². The van der Waals surface area contributed by atoms with E-state index >= 15 is 0 Å². The molecule has 5 nitrogen and oxygen atoms in total. The molecule has 0 saturated heterocycles. The lowest BCUT2D eigenvalue weighted by Crippen LogP contribution is -2.37. The molecule has 1 rings (SSSR count). The van der Waals surface area contributed by atoms with E-state index in [-0.39, 0.29) is 0 Å². The summed E-state index contributed by atoms with van der Waals surface area (Å²) in [7, 11) is 1.64. The van der Waals surface area contributed by atoms with Crippen molar-refractivity contribution in [2.24, 2.45) is 4.99 Å². The van der Waals surface area contributed by atoms with Crippen LogP contribution in [0.5, 0.6) is 11.5 Å². The van der Waals surface area contributed by atoms with Crippen molar-refractivity contribution in [3.8, 4) is 23.8 Å². The molecule has 0 amide bonds. The fraction of sp³-hybridized carbons (Fsp3) is 0.438. The molecule has 0 saturated carbocycles. The van der Waals surface area contributed by atoms with Crippen LogP contribution in [0.25, 0.3) is 0 Å². The number of nitrogens with one attached hydrogen (secondary N) is 2. The lowest BCUT2D eigenvalue weighted by molar-refractivity contribution is 0.312. The molecule has 0 atom stereocenters. The first-order valence-corrected chi connectivity index (χ1v) is 7.02. The van der Waals surface area contributed by atoms with Gasteiger partial charge in [-0.25, -0.2) is 0 Å². The van der Waals surface area contributed by atoms with E-state index in [1.54, 1.807) is 7.11 Å². The van der Waals surface area contributed by atoms with Gasteiger partial charge in [0.25, 0.3) is 0 Å². The third-order valence-electron chi connectivity index (χ3n) is 2.60. The minimum absolute atomic E-state index is 0.466. The van der Waals surface area contributed by atoms with E-state index in [9.17, 15) is 0 Å². The third kappa shape index (κ3) is 7.11. The van der Waals surface area contributed by atoms with Gasteiger partial charge in [0.2, 0.25) is 0 Å². The van der Waals surface area contributed by atoms with Crippen LogP contribution in [0, 0.1) is 12.3 Å². The van der Waals surface area contributed by atoms with E-state index < -0.39 is 0 Å². The number of nitrogens with zero attached hydrogens (tertiary/aromatic N) is 1. The average Bonchev–Trinajstić information content (AvgIpc) is 2.52. The molecule has 0 bridgehead atoms. The van der Waals surface area contributed by atoms with Gasteiger partial charge in [0.1, 0.15) is 11.5 Å². The molecule has 0 radical (unpaired) electrons. The first-order valence-electron chi connectivity index (χ1n) is 7.02. The number of benzene rings is 1. The van der Waals surface area contributed by atoms with Gasteiger partial charge in [-0.2, -0.15) is 0 Å². The number of methoxy groups -OCH3 is 1. The second-order valence-corrected chi connectivity index (χ2v) is 4.20. The Kier molecular flexibility index (Phi) is 8.30. The summed E-state index contributed by atoms with van der Waals surface area (Å²) in [6, 6.07) is 7.53. The summed E-state index contributed by atoms with van der Waals surface area (Å²) in [6.45, 7) is 4.58. The predicted molar refractivity (Wildman–Crippen MR) is 85.9 cm³/mol.